The van der Waals surface area contributed by atoms with Crippen molar-refractivity contribution in [3.8, 4) is 0 Å². The highest BCUT2D eigenvalue weighted by Crippen LogP contribution is 2.24. The highest BCUT2D eigenvalue weighted by Gasteiger charge is 2.36. The standard InChI is InChI=1S/C17H22FN3O2/c1-20-9-16(19-13-20)10-21-6-7-23-17(11-21,12-22)8-14-2-4-15(18)5-3-14/h2-5,9,13,22H,6-8,10-12H2,1H3. The molecule has 0 spiro atoms. The van der Waals surface area contributed by atoms with E-state index in [1.165, 1.54) is 12.1 Å². The van der Waals surface area contributed by atoms with E-state index in [0.29, 0.717) is 19.6 Å². The van der Waals surface area contributed by atoms with E-state index < -0.39 is 5.60 Å². The van der Waals surface area contributed by atoms with E-state index in [9.17, 15) is 9.50 Å². The summed E-state index contributed by atoms with van der Waals surface area (Å²) < 4.78 is 20.9. The molecule has 0 bridgehead atoms. The molecule has 3 rings (SSSR count). The Morgan fingerprint density at radius 3 is 2.78 bits per heavy atom. The van der Waals surface area contributed by atoms with Gasteiger partial charge < -0.3 is 14.4 Å². The predicted octanol–water partition coefficient (Wildman–Crippen LogP) is 1.37. The van der Waals surface area contributed by atoms with Gasteiger partial charge >= 0.3 is 0 Å². The quantitative estimate of drug-likeness (QED) is 0.904. The van der Waals surface area contributed by atoms with Crippen molar-refractivity contribution in [3.05, 3.63) is 53.9 Å². The largest absolute Gasteiger partial charge is 0.393 e. The van der Waals surface area contributed by atoms with Crippen LogP contribution in [0.15, 0.2) is 36.8 Å². The Hall–Kier alpha value is -1.76. The number of aliphatic hydroxyl groups is 1. The van der Waals surface area contributed by atoms with Crippen LogP contribution in [0, 0.1) is 5.82 Å². The van der Waals surface area contributed by atoms with E-state index in [1.54, 1.807) is 18.5 Å². The summed E-state index contributed by atoms with van der Waals surface area (Å²) in [6.07, 6.45) is 4.34. The third-order valence-corrected chi connectivity index (χ3v) is 4.20. The summed E-state index contributed by atoms with van der Waals surface area (Å²) in [5, 5.41) is 9.90. The van der Waals surface area contributed by atoms with Crippen molar-refractivity contribution in [2.75, 3.05) is 26.3 Å². The molecule has 1 N–H and O–H groups in total. The molecule has 1 aliphatic heterocycles. The molecule has 1 atom stereocenters. The first-order valence-electron chi connectivity index (χ1n) is 7.77. The Balaban J connectivity index is 1.69. The Bertz CT molecular complexity index is 644. The summed E-state index contributed by atoms with van der Waals surface area (Å²) >= 11 is 0. The number of aromatic nitrogens is 2. The van der Waals surface area contributed by atoms with Gasteiger partial charge in [0.2, 0.25) is 0 Å². The first kappa shape index (κ1) is 16.1. The first-order chi connectivity index (χ1) is 11.1. The summed E-state index contributed by atoms with van der Waals surface area (Å²) in [6, 6.07) is 6.37. The third kappa shape index (κ3) is 3.96. The van der Waals surface area contributed by atoms with E-state index >= 15 is 0 Å². The Morgan fingerprint density at radius 2 is 2.13 bits per heavy atom. The van der Waals surface area contributed by atoms with Crippen molar-refractivity contribution in [3.63, 3.8) is 0 Å². The zero-order chi connectivity index (χ0) is 16.3. The maximum Gasteiger partial charge on any atom is 0.123 e. The van der Waals surface area contributed by atoms with Crippen molar-refractivity contribution < 1.29 is 14.2 Å². The molecule has 23 heavy (non-hydrogen) atoms. The Morgan fingerprint density at radius 1 is 1.35 bits per heavy atom. The molecule has 1 saturated heterocycles. The van der Waals surface area contributed by atoms with Crippen LogP contribution in [0.1, 0.15) is 11.3 Å². The molecule has 1 unspecified atom stereocenters. The predicted molar refractivity (Wildman–Crippen MR) is 84.4 cm³/mol. The molecule has 0 aliphatic carbocycles. The van der Waals surface area contributed by atoms with Crippen molar-refractivity contribution in [1.29, 1.82) is 0 Å². The van der Waals surface area contributed by atoms with Gasteiger partial charge in [-0.05, 0) is 17.7 Å². The number of aryl methyl sites for hydroxylation is 1. The molecule has 5 nitrogen and oxygen atoms in total. The number of hydrogen-bond acceptors (Lipinski definition) is 4. The summed E-state index contributed by atoms with van der Waals surface area (Å²) in [7, 11) is 1.95. The summed E-state index contributed by atoms with van der Waals surface area (Å²) in [5.41, 5.74) is 1.31. The lowest BCUT2D eigenvalue weighted by molar-refractivity contribution is -0.134. The topological polar surface area (TPSA) is 50.5 Å². The average Bonchev–Trinajstić information content (AvgIpc) is 2.95. The number of aliphatic hydroxyl groups excluding tert-OH is 1. The van der Waals surface area contributed by atoms with Crippen molar-refractivity contribution in [2.45, 2.75) is 18.6 Å². The van der Waals surface area contributed by atoms with Crippen molar-refractivity contribution in [2.24, 2.45) is 7.05 Å². The minimum Gasteiger partial charge on any atom is -0.393 e. The number of rotatable bonds is 5. The lowest BCUT2D eigenvalue weighted by Crippen LogP contribution is -2.55. The van der Waals surface area contributed by atoms with Gasteiger partial charge in [0.25, 0.3) is 0 Å². The van der Waals surface area contributed by atoms with E-state index in [1.807, 2.05) is 17.8 Å². The van der Waals surface area contributed by atoms with Gasteiger partial charge in [0.05, 0.1) is 25.2 Å². The zero-order valence-electron chi connectivity index (χ0n) is 13.3. The molecule has 2 aromatic rings. The minimum atomic E-state index is -0.648. The van der Waals surface area contributed by atoms with E-state index in [-0.39, 0.29) is 12.4 Å². The van der Waals surface area contributed by atoms with Gasteiger partial charge in [-0.2, -0.15) is 0 Å². The van der Waals surface area contributed by atoms with Gasteiger partial charge in [-0.25, -0.2) is 9.37 Å². The lowest BCUT2D eigenvalue weighted by Gasteiger charge is -2.41. The Kier molecular flexibility index (Phi) is 4.75. The fourth-order valence-electron chi connectivity index (χ4n) is 3.07. The van der Waals surface area contributed by atoms with Crippen molar-refractivity contribution >= 4 is 0 Å². The van der Waals surface area contributed by atoms with Crippen LogP contribution in [-0.4, -0.2) is 51.5 Å². The van der Waals surface area contributed by atoms with E-state index in [2.05, 4.69) is 9.88 Å². The van der Waals surface area contributed by atoms with Gasteiger partial charge in [0.1, 0.15) is 11.4 Å². The second-order valence-electron chi connectivity index (χ2n) is 6.23. The van der Waals surface area contributed by atoms with Crippen LogP contribution in [0.3, 0.4) is 0 Å². The number of hydrogen-bond donors (Lipinski definition) is 1. The Labute approximate surface area is 135 Å². The third-order valence-electron chi connectivity index (χ3n) is 4.20. The minimum absolute atomic E-state index is 0.0664. The molecule has 124 valence electrons. The fraction of sp³-hybridized carbons (Fsp3) is 0.471. The monoisotopic (exact) mass is 319 g/mol. The number of imidazole rings is 1. The number of halogens is 1. The second-order valence-corrected chi connectivity index (χ2v) is 6.23. The fourth-order valence-corrected chi connectivity index (χ4v) is 3.07. The highest BCUT2D eigenvalue weighted by atomic mass is 19.1. The highest BCUT2D eigenvalue weighted by molar-refractivity contribution is 5.19. The van der Waals surface area contributed by atoms with Crippen LogP contribution in [0.25, 0.3) is 0 Å². The summed E-state index contributed by atoms with van der Waals surface area (Å²) in [4.78, 5) is 6.60. The molecule has 0 saturated carbocycles. The van der Waals surface area contributed by atoms with E-state index in [4.69, 9.17) is 4.74 Å². The van der Waals surface area contributed by atoms with Crippen LogP contribution in [0.4, 0.5) is 4.39 Å². The maximum absolute atomic E-state index is 13.1. The van der Waals surface area contributed by atoms with Crippen LogP contribution in [0.2, 0.25) is 0 Å². The first-order valence-corrected chi connectivity index (χ1v) is 7.77. The molecule has 1 aliphatic rings. The van der Waals surface area contributed by atoms with Crippen molar-refractivity contribution in [1.82, 2.24) is 14.5 Å². The molecule has 6 heteroatoms. The summed E-state index contributed by atoms with van der Waals surface area (Å²) in [6.45, 7) is 2.66. The van der Waals surface area contributed by atoms with Crippen LogP contribution < -0.4 is 0 Å². The number of nitrogens with zero attached hydrogens (tertiary/aromatic N) is 3. The number of benzene rings is 1. The number of morpholine rings is 1. The van der Waals surface area contributed by atoms with Crippen LogP contribution in [-0.2, 0) is 24.8 Å². The zero-order valence-corrected chi connectivity index (χ0v) is 13.3. The second kappa shape index (κ2) is 6.78. The summed E-state index contributed by atoms with van der Waals surface area (Å²) in [5.74, 6) is -0.256. The van der Waals surface area contributed by atoms with Crippen LogP contribution in [0.5, 0.6) is 0 Å². The molecule has 0 amide bonds. The smallest absolute Gasteiger partial charge is 0.123 e. The normalized spacial score (nSPS) is 22.4. The van der Waals surface area contributed by atoms with Gasteiger partial charge in [0.15, 0.2) is 0 Å². The lowest BCUT2D eigenvalue weighted by atomic mass is 9.93. The molecular formula is C17H22FN3O2. The molecule has 0 radical (unpaired) electrons. The molecule has 1 aromatic heterocycles. The SMILES string of the molecule is Cn1cnc(CN2CCOC(CO)(Cc3ccc(F)cc3)C2)c1. The number of ether oxygens (including phenoxy) is 1. The van der Waals surface area contributed by atoms with Gasteiger partial charge in [-0.3, -0.25) is 4.90 Å². The molecule has 2 heterocycles. The molecular weight excluding hydrogens is 297 g/mol. The van der Waals surface area contributed by atoms with Gasteiger partial charge in [-0.1, -0.05) is 12.1 Å². The van der Waals surface area contributed by atoms with Gasteiger partial charge in [0, 0.05) is 39.3 Å². The molecule has 1 fully saturated rings. The average molecular weight is 319 g/mol. The maximum atomic E-state index is 13.1. The van der Waals surface area contributed by atoms with Crippen LogP contribution >= 0.6 is 0 Å². The van der Waals surface area contributed by atoms with Gasteiger partial charge in [-0.15, -0.1) is 0 Å². The van der Waals surface area contributed by atoms with E-state index in [0.717, 1.165) is 24.3 Å². The molecule has 1 aromatic carbocycles.